The van der Waals surface area contributed by atoms with Gasteiger partial charge in [0.25, 0.3) is 15.7 Å². The van der Waals surface area contributed by atoms with Crippen LogP contribution in [0, 0.1) is 17.0 Å². The van der Waals surface area contributed by atoms with Gasteiger partial charge in [0.2, 0.25) is 0 Å². The zero-order valence-electron chi connectivity index (χ0n) is 14.7. The normalized spacial score (nSPS) is 14.0. The molecule has 0 saturated carbocycles. The fourth-order valence-electron chi connectivity index (χ4n) is 2.23. The number of halogens is 1. The molecule has 0 unspecified atom stereocenters. The Morgan fingerprint density at radius 1 is 1.22 bits per heavy atom. The highest BCUT2D eigenvalue weighted by Gasteiger charge is 2.26. The average Bonchev–Trinajstić information content (AvgIpc) is 2.65. The molecule has 2 rings (SSSR count). The highest BCUT2D eigenvalue weighted by Crippen LogP contribution is 2.28. The van der Waals surface area contributed by atoms with Crippen molar-refractivity contribution in [2.45, 2.75) is 29.1 Å². The third kappa shape index (κ3) is 5.35. The second-order valence-electron chi connectivity index (χ2n) is 5.44. The van der Waals surface area contributed by atoms with E-state index in [0.29, 0.717) is 0 Å². The van der Waals surface area contributed by atoms with E-state index in [1.807, 2.05) is 6.92 Å². The van der Waals surface area contributed by atoms with Crippen molar-refractivity contribution >= 4 is 38.0 Å². The van der Waals surface area contributed by atoms with Crippen LogP contribution in [0.15, 0.2) is 62.1 Å². The van der Waals surface area contributed by atoms with Gasteiger partial charge < -0.3 is 4.74 Å². The Bertz CT molecular complexity index is 946. The predicted molar refractivity (Wildman–Crippen MR) is 106 cm³/mol. The first kappa shape index (κ1) is 21.5. The van der Waals surface area contributed by atoms with Crippen LogP contribution in [0.25, 0.3) is 0 Å². The first-order valence-corrected chi connectivity index (χ1v) is 11.2. The number of nitrogens with zero attached hydrogens (tertiary/aromatic N) is 2. The molecule has 0 aliphatic carbocycles. The third-order valence-corrected chi connectivity index (χ3v) is 7.87. The molecule has 0 heterocycles. The molecule has 0 spiro atoms. The highest BCUT2D eigenvalue weighted by molar-refractivity contribution is 8.00. The predicted octanol–water partition coefficient (Wildman–Crippen LogP) is 4.05. The van der Waals surface area contributed by atoms with E-state index in [-0.39, 0.29) is 28.0 Å². The van der Waals surface area contributed by atoms with Crippen LogP contribution in [0.4, 0.5) is 5.69 Å². The molecule has 0 radical (unpaired) electrons. The van der Waals surface area contributed by atoms with Crippen LogP contribution in [0.3, 0.4) is 0 Å². The minimum atomic E-state index is -4.06. The molecule has 10 heteroatoms. The summed E-state index contributed by atoms with van der Waals surface area (Å²) >= 11 is 5.98. The van der Waals surface area contributed by atoms with Crippen molar-refractivity contribution in [3.8, 4) is 0 Å². The van der Waals surface area contributed by atoms with Crippen LogP contribution in [0.1, 0.15) is 12.5 Å². The lowest BCUT2D eigenvalue weighted by atomic mass is 10.2. The van der Waals surface area contributed by atoms with Crippen molar-refractivity contribution < 1.29 is 18.1 Å². The van der Waals surface area contributed by atoms with Gasteiger partial charge in [-0.1, -0.05) is 29.8 Å². The van der Waals surface area contributed by atoms with Crippen LogP contribution in [-0.4, -0.2) is 31.3 Å². The second kappa shape index (κ2) is 9.41. The zero-order chi connectivity index (χ0) is 20.0. The number of ether oxygens (including phenoxy) is 1. The number of para-hydroxylation sites is 1. The van der Waals surface area contributed by atoms with Gasteiger partial charge in [-0.2, -0.15) is 8.42 Å². The summed E-state index contributed by atoms with van der Waals surface area (Å²) in [5.41, 5.74) is -0.129. The van der Waals surface area contributed by atoms with Gasteiger partial charge in [-0.3, -0.25) is 10.1 Å². The van der Waals surface area contributed by atoms with Gasteiger partial charge in [0.1, 0.15) is 5.44 Å². The molecule has 27 heavy (non-hydrogen) atoms. The second-order valence-corrected chi connectivity index (χ2v) is 9.36. The first-order chi connectivity index (χ1) is 12.8. The summed E-state index contributed by atoms with van der Waals surface area (Å²) in [6.45, 7) is 3.83. The molecule has 0 aliphatic rings. The molecule has 0 N–H and O–H groups in total. The molecule has 2 atom stereocenters. The van der Waals surface area contributed by atoms with Crippen molar-refractivity contribution in [1.82, 2.24) is 0 Å². The van der Waals surface area contributed by atoms with Gasteiger partial charge in [-0.15, -0.1) is 15.4 Å². The van der Waals surface area contributed by atoms with Crippen LogP contribution in [0.5, 0.6) is 0 Å². The minimum absolute atomic E-state index is 0.00834. The van der Waals surface area contributed by atoms with Crippen molar-refractivity contribution in [2.75, 3.05) is 12.5 Å². The van der Waals surface area contributed by atoms with Gasteiger partial charge in [-0.05, 0) is 42.7 Å². The molecule has 0 aliphatic heterocycles. The smallest absolute Gasteiger partial charge is 0.288 e. The zero-order valence-corrected chi connectivity index (χ0v) is 17.1. The number of nitro groups is 1. The summed E-state index contributed by atoms with van der Waals surface area (Å²) < 4.78 is 35.2. The Kier molecular flexibility index (Phi) is 7.49. The van der Waals surface area contributed by atoms with Crippen molar-refractivity contribution in [3.63, 3.8) is 0 Å². The largest absolute Gasteiger partial charge is 0.365 e. The highest BCUT2D eigenvalue weighted by atomic mass is 35.5. The van der Waals surface area contributed by atoms with Crippen molar-refractivity contribution in [2.24, 2.45) is 3.77 Å². The van der Waals surface area contributed by atoms with Gasteiger partial charge in [0, 0.05) is 12.7 Å². The lowest BCUT2D eigenvalue weighted by Crippen LogP contribution is -2.23. The Balaban J connectivity index is 2.68. The van der Waals surface area contributed by atoms with E-state index in [4.69, 9.17) is 16.3 Å². The number of rotatable bonds is 8. The van der Waals surface area contributed by atoms with Crippen molar-refractivity contribution in [1.29, 1.82) is 0 Å². The average molecular weight is 431 g/mol. The molecule has 0 fully saturated rings. The lowest BCUT2D eigenvalue weighted by molar-refractivity contribution is -0.387. The van der Waals surface area contributed by atoms with E-state index < -0.39 is 31.1 Å². The maximum atomic E-state index is 12.8. The topological polar surface area (TPSA) is 98.9 Å². The molecular weight excluding hydrogens is 412 g/mol. The van der Waals surface area contributed by atoms with Gasteiger partial charge in [0.05, 0.1) is 20.6 Å². The molecule has 0 amide bonds. The summed E-state index contributed by atoms with van der Waals surface area (Å²) in [6.07, 6.45) is 0. The Labute approximate surface area is 165 Å². The molecule has 0 saturated heterocycles. The summed E-state index contributed by atoms with van der Waals surface area (Å²) in [7, 11) is -5.56. The van der Waals surface area contributed by atoms with Crippen LogP contribution in [-0.2, 0) is 25.5 Å². The number of benzene rings is 2. The summed E-state index contributed by atoms with van der Waals surface area (Å²) in [5, 5.41) is 11.4. The number of hydrogen-bond acceptors (Lipinski definition) is 5. The standard InChI is InChI=1S/C17H19ClN2O5S2/c1-3-25-17(12-18)26(16-7-5-4-6-15(16)20(21)22)19-27(23,24)14-10-8-13(2)9-11-14/h4-11,17H,3,12H2,1-2H3/t17-,26+/m1/s1. The number of alkyl halides is 1. The van der Waals surface area contributed by atoms with E-state index in [2.05, 4.69) is 3.77 Å². The first-order valence-electron chi connectivity index (χ1n) is 7.99. The van der Waals surface area contributed by atoms with Crippen molar-refractivity contribution in [3.05, 3.63) is 64.2 Å². The molecule has 2 aromatic carbocycles. The summed E-state index contributed by atoms with van der Waals surface area (Å²) in [4.78, 5) is 11.0. The number of nitro benzene ring substituents is 1. The number of hydrogen-bond donors (Lipinski definition) is 0. The molecule has 0 aromatic heterocycles. The molecule has 0 bridgehead atoms. The molecule has 7 nitrogen and oxygen atoms in total. The van der Waals surface area contributed by atoms with Gasteiger partial charge in [0.15, 0.2) is 0 Å². The van der Waals surface area contributed by atoms with E-state index in [1.54, 1.807) is 25.1 Å². The molecule has 2 aromatic rings. The third-order valence-electron chi connectivity index (χ3n) is 3.51. The summed E-state index contributed by atoms with van der Waals surface area (Å²) in [5.74, 6) is -0.0596. The molecular formula is C17H19ClN2O5S2. The maximum absolute atomic E-state index is 12.8. The SMILES string of the molecule is CCO[C@@H](CCl)[S@@](=NS(=O)(=O)c1ccc(C)cc1)c1ccccc1[N+](=O)[O-]. The van der Waals surface area contributed by atoms with E-state index in [1.165, 1.54) is 30.3 Å². The van der Waals surface area contributed by atoms with E-state index in [9.17, 15) is 18.5 Å². The lowest BCUT2D eigenvalue weighted by Gasteiger charge is -2.18. The van der Waals surface area contributed by atoms with Crippen LogP contribution < -0.4 is 0 Å². The monoisotopic (exact) mass is 430 g/mol. The summed E-state index contributed by atoms with van der Waals surface area (Å²) in [6, 6.07) is 12.1. The van der Waals surface area contributed by atoms with E-state index >= 15 is 0 Å². The Morgan fingerprint density at radius 2 is 1.85 bits per heavy atom. The fraction of sp³-hybridized carbons (Fsp3) is 0.294. The Morgan fingerprint density at radius 3 is 2.41 bits per heavy atom. The molecule has 146 valence electrons. The van der Waals surface area contributed by atoms with Crippen LogP contribution in [0.2, 0.25) is 0 Å². The van der Waals surface area contributed by atoms with Gasteiger partial charge >= 0.3 is 0 Å². The Hall–Kier alpha value is -1.81. The van der Waals surface area contributed by atoms with Gasteiger partial charge in [-0.25, -0.2) is 0 Å². The quantitative estimate of drug-likeness (QED) is 0.357. The number of aryl methyl sites for hydroxylation is 1. The van der Waals surface area contributed by atoms with Crippen LogP contribution >= 0.6 is 11.6 Å². The fourth-order valence-corrected chi connectivity index (χ4v) is 6.29. The van der Waals surface area contributed by atoms with E-state index in [0.717, 1.165) is 5.56 Å². The minimum Gasteiger partial charge on any atom is -0.365 e. The maximum Gasteiger partial charge on any atom is 0.288 e. The number of sulfonamides is 1.